The van der Waals surface area contributed by atoms with Gasteiger partial charge in [0.1, 0.15) is 5.69 Å². The van der Waals surface area contributed by atoms with Crippen LogP contribution in [-0.2, 0) is 6.54 Å². The fourth-order valence-electron chi connectivity index (χ4n) is 2.26. The number of aryl methyl sites for hydroxylation is 2. The minimum atomic E-state index is -0.272. The minimum Gasteiger partial charge on any atom is -0.349 e. The Morgan fingerprint density at radius 3 is 2.64 bits per heavy atom. The van der Waals surface area contributed by atoms with Crippen LogP contribution in [0.2, 0.25) is 0 Å². The molecule has 6 heteroatoms. The molecule has 126 valence electrons. The van der Waals surface area contributed by atoms with Crippen molar-refractivity contribution in [1.82, 2.24) is 15.0 Å². The molecule has 2 aromatic heterocycles. The van der Waals surface area contributed by atoms with E-state index < -0.39 is 0 Å². The molecule has 0 unspecified atom stereocenters. The Kier molecular flexibility index (Phi) is 4.99. The Morgan fingerprint density at radius 2 is 1.88 bits per heavy atom. The molecule has 0 atom stereocenters. The molecule has 3 aromatic rings. The van der Waals surface area contributed by atoms with E-state index in [4.69, 9.17) is 0 Å². The van der Waals surface area contributed by atoms with Gasteiger partial charge in [-0.3, -0.25) is 9.78 Å². The largest absolute Gasteiger partial charge is 0.349 e. The highest BCUT2D eigenvalue weighted by atomic mass is 16.1. The third kappa shape index (κ3) is 4.38. The Bertz CT molecular complexity index is 880. The van der Waals surface area contributed by atoms with Gasteiger partial charge < -0.3 is 10.6 Å². The maximum atomic E-state index is 12.4. The maximum Gasteiger partial charge on any atom is 0.274 e. The van der Waals surface area contributed by atoms with Gasteiger partial charge in [-0.2, -0.15) is 0 Å². The van der Waals surface area contributed by atoms with Gasteiger partial charge in [0.25, 0.3) is 5.91 Å². The third-order valence-corrected chi connectivity index (χ3v) is 3.81. The lowest BCUT2D eigenvalue weighted by Gasteiger charge is -2.08. The highest BCUT2D eigenvalue weighted by Gasteiger charge is 2.10. The second-order valence-electron chi connectivity index (χ2n) is 5.69. The van der Waals surface area contributed by atoms with E-state index >= 15 is 0 Å². The predicted molar refractivity (Wildman–Crippen MR) is 97.5 cm³/mol. The zero-order chi connectivity index (χ0) is 17.6. The fourth-order valence-corrected chi connectivity index (χ4v) is 2.26. The number of carbonyl (C=O) groups is 1. The van der Waals surface area contributed by atoms with E-state index in [-0.39, 0.29) is 5.91 Å². The first-order valence-electron chi connectivity index (χ1n) is 7.97. The molecule has 2 heterocycles. The summed E-state index contributed by atoms with van der Waals surface area (Å²) >= 11 is 0. The topological polar surface area (TPSA) is 79.8 Å². The smallest absolute Gasteiger partial charge is 0.274 e. The summed E-state index contributed by atoms with van der Waals surface area (Å²) in [6, 6.07) is 13.1. The van der Waals surface area contributed by atoms with E-state index in [1.165, 1.54) is 5.56 Å². The zero-order valence-electron chi connectivity index (χ0n) is 14.2. The first-order valence-corrected chi connectivity index (χ1v) is 7.97. The second kappa shape index (κ2) is 7.53. The lowest BCUT2D eigenvalue weighted by Crippen LogP contribution is -2.15. The van der Waals surface area contributed by atoms with Crippen LogP contribution in [0.3, 0.4) is 0 Å². The molecule has 1 aromatic carbocycles. The van der Waals surface area contributed by atoms with Gasteiger partial charge in [0, 0.05) is 18.1 Å². The number of benzene rings is 1. The second-order valence-corrected chi connectivity index (χ2v) is 5.69. The lowest BCUT2D eigenvalue weighted by molar-refractivity contribution is 0.102. The van der Waals surface area contributed by atoms with Crippen LogP contribution in [0.5, 0.6) is 0 Å². The average Bonchev–Trinajstić information content (AvgIpc) is 2.64. The summed E-state index contributed by atoms with van der Waals surface area (Å²) in [7, 11) is 0. The van der Waals surface area contributed by atoms with Crippen LogP contribution in [0, 0.1) is 13.8 Å². The van der Waals surface area contributed by atoms with Crippen molar-refractivity contribution in [2.24, 2.45) is 0 Å². The molecule has 2 N–H and O–H groups in total. The molecule has 3 rings (SSSR count). The molecule has 0 bridgehead atoms. The standard InChI is InChI=1S/C19H19N5O/c1-13-6-7-15(11-14(13)2)23-18(25)17-8-10-21-19(24-17)22-12-16-5-3-4-9-20-16/h3-11H,12H2,1-2H3,(H,23,25)(H,21,22,24). The molecule has 0 aliphatic heterocycles. The molecular formula is C19H19N5O. The summed E-state index contributed by atoms with van der Waals surface area (Å²) in [5.41, 5.74) is 4.22. The molecular weight excluding hydrogens is 314 g/mol. The van der Waals surface area contributed by atoms with Gasteiger partial charge in [0.05, 0.1) is 12.2 Å². The van der Waals surface area contributed by atoms with Crippen molar-refractivity contribution < 1.29 is 4.79 Å². The Hall–Kier alpha value is -3.28. The number of pyridine rings is 1. The summed E-state index contributed by atoms with van der Waals surface area (Å²) in [4.78, 5) is 25.0. The number of nitrogens with one attached hydrogen (secondary N) is 2. The monoisotopic (exact) mass is 333 g/mol. The van der Waals surface area contributed by atoms with Crippen LogP contribution in [0.25, 0.3) is 0 Å². The van der Waals surface area contributed by atoms with E-state index in [1.807, 2.05) is 50.2 Å². The molecule has 0 aliphatic carbocycles. The van der Waals surface area contributed by atoms with Gasteiger partial charge in [-0.15, -0.1) is 0 Å². The van der Waals surface area contributed by atoms with Gasteiger partial charge in [-0.05, 0) is 55.3 Å². The van der Waals surface area contributed by atoms with Crippen LogP contribution in [0.1, 0.15) is 27.3 Å². The number of rotatable bonds is 5. The molecule has 0 aliphatic rings. The fraction of sp³-hybridized carbons (Fsp3) is 0.158. The van der Waals surface area contributed by atoms with E-state index in [0.29, 0.717) is 18.2 Å². The number of hydrogen-bond donors (Lipinski definition) is 2. The number of amides is 1. The van der Waals surface area contributed by atoms with Crippen molar-refractivity contribution in [2.45, 2.75) is 20.4 Å². The zero-order valence-corrected chi connectivity index (χ0v) is 14.2. The highest BCUT2D eigenvalue weighted by molar-refractivity contribution is 6.03. The molecule has 6 nitrogen and oxygen atoms in total. The van der Waals surface area contributed by atoms with Crippen molar-refractivity contribution in [3.63, 3.8) is 0 Å². The van der Waals surface area contributed by atoms with Crippen molar-refractivity contribution in [3.05, 3.63) is 77.4 Å². The van der Waals surface area contributed by atoms with E-state index in [0.717, 1.165) is 16.9 Å². The van der Waals surface area contributed by atoms with Crippen LogP contribution < -0.4 is 10.6 Å². The van der Waals surface area contributed by atoms with E-state index in [1.54, 1.807) is 18.5 Å². The normalized spacial score (nSPS) is 10.3. The Labute approximate surface area is 146 Å². The molecule has 0 saturated carbocycles. The Morgan fingerprint density at radius 1 is 1.00 bits per heavy atom. The van der Waals surface area contributed by atoms with Crippen molar-refractivity contribution in [3.8, 4) is 0 Å². The maximum absolute atomic E-state index is 12.4. The van der Waals surface area contributed by atoms with Crippen LogP contribution >= 0.6 is 0 Å². The SMILES string of the molecule is Cc1ccc(NC(=O)c2ccnc(NCc3ccccn3)n2)cc1C. The molecule has 25 heavy (non-hydrogen) atoms. The minimum absolute atomic E-state index is 0.272. The van der Waals surface area contributed by atoms with Gasteiger partial charge >= 0.3 is 0 Å². The van der Waals surface area contributed by atoms with Crippen LogP contribution in [-0.4, -0.2) is 20.9 Å². The van der Waals surface area contributed by atoms with Crippen molar-refractivity contribution in [1.29, 1.82) is 0 Å². The lowest BCUT2D eigenvalue weighted by atomic mass is 10.1. The molecule has 1 amide bonds. The van der Waals surface area contributed by atoms with E-state index in [9.17, 15) is 4.79 Å². The van der Waals surface area contributed by atoms with Crippen molar-refractivity contribution in [2.75, 3.05) is 10.6 Å². The highest BCUT2D eigenvalue weighted by Crippen LogP contribution is 2.15. The summed E-state index contributed by atoms with van der Waals surface area (Å²) in [6.07, 6.45) is 3.29. The van der Waals surface area contributed by atoms with Gasteiger partial charge in [0.2, 0.25) is 5.95 Å². The molecule has 0 spiro atoms. The molecule has 0 saturated heterocycles. The first kappa shape index (κ1) is 16.6. The number of nitrogens with zero attached hydrogens (tertiary/aromatic N) is 3. The number of carbonyl (C=O) groups excluding carboxylic acids is 1. The molecule has 0 fully saturated rings. The van der Waals surface area contributed by atoms with Gasteiger partial charge in [0.15, 0.2) is 0 Å². The summed E-state index contributed by atoms with van der Waals surface area (Å²) in [5.74, 6) is 0.116. The Balaban J connectivity index is 1.67. The average molecular weight is 333 g/mol. The number of aromatic nitrogens is 3. The predicted octanol–water partition coefficient (Wildman–Crippen LogP) is 3.35. The summed E-state index contributed by atoms with van der Waals surface area (Å²) in [6.45, 7) is 4.53. The first-order chi connectivity index (χ1) is 12.1. The number of anilines is 2. The number of hydrogen-bond acceptors (Lipinski definition) is 5. The third-order valence-electron chi connectivity index (χ3n) is 3.81. The van der Waals surface area contributed by atoms with Crippen LogP contribution in [0.15, 0.2) is 54.9 Å². The van der Waals surface area contributed by atoms with Crippen LogP contribution in [0.4, 0.5) is 11.6 Å². The van der Waals surface area contributed by atoms with Gasteiger partial charge in [-0.1, -0.05) is 12.1 Å². The summed E-state index contributed by atoms with van der Waals surface area (Å²) in [5, 5.41) is 5.93. The summed E-state index contributed by atoms with van der Waals surface area (Å²) < 4.78 is 0. The quantitative estimate of drug-likeness (QED) is 0.748. The molecule has 0 radical (unpaired) electrons. The van der Waals surface area contributed by atoms with Gasteiger partial charge in [-0.25, -0.2) is 9.97 Å². The van der Waals surface area contributed by atoms with Crippen molar-refractivity contribution >= 4 is 17.5 Å². The van der Waals surface area contributed by atoms with E-state index in [2.05, 4.69) is 25.6 Å².